The zero-order chi connectivity index (χ0) is 24.1. The minimum absolute atomic E-state index is 0.00567. The Morgan fingerprint density at radius 1 is 1.09 bits per heavy atom. The van der Waals surface area contributed by atoms with Crippen molar-refractivity contribution in [3.05, 3.63) is 81.7 Å². The van der Waals surface area contributed by atoms with Crippen molar-refractivity contribution in [1.82, 2.24) is 9.55 Å². The third-order valence-corrected chi connectivity index (χ3v) is 5.82. The largest absolute Gasteiger partial charge is 0.478 e. The number of nitrogens with zero attached hydrogens (tertiary/aromatic N) is 2. The van der Waals surface area contributed by atoms with Crippen LogP contribution in [0.1, 0.15) is 16.2 Å². The highest BCUT2D eigenvalue weighted by Crippen LogP contribution is 2.23. The molecule has 10 heteroatoms. The van der Waals surface area contributed by atoms with Gasteiger partial charge in [-0.05, 0) is 36.4 Å². The van der Waals surface area contributed by atoms with Gasteiger partial charge in [0.2, 0.25) is 5.91 Å². The molecule has 2 N–H and O–H groups in total. The lowest BCUT2D eigenvalue weighted by atomic mass is 10.2. The Kier molecular flexibility index (Phi) is 7.00. The summed E-state index contributed by atoms with van der Waals surface area (Å²) in [5, 5.41) is 13.5. The van der Waals surface area contributed by atoms with Crippen molar-refractivity contribution in [2.45, 2.75) is 13.0 Å². The van der Waals surface area contributed by atoms with E-state index in [4.69, 9.17) is 9.47 Å². The van der Waals surface area contributed by atoms with Crippen LogP contribution in [0.4, 0.5) is 5.69 Å². The second kappa shape index (κ2) is 10.3. The molecule has 0 aliphatic rings. The summed E-state index contributed by atoms with van der Waals surface area (Å²) in [4.78, 5) is 42.2. The van der Waals surface area contributed by atoms with Crippen molar-refractivity contribution >= 4 is 39.1 Å². The van der Waals surface area contributed by atoms with E-state index in [1.807, 2.05) is 30.3 Å². The number of para-hydroxylation sites is 1. The quantitative estimate of drug-likeness (QED) is 0.375. The molecule has 4 rings (SSSR count). The van der Waals surface area contributed by atoms with E-state index in [9.17, 15) is 19.5 Å². The van der Waals surface area contributed by atoms with Gasteiger partial charge in [-0.3, -0.25) is 14.2 Å². The number of ether oxygens (including phenoxy) is 2. The van der Waals surface area contributed by atoms with Crippen LogP contribution in [0, 0.1) is 0 Å². The third kappa shape index (κ3) is 5.13. The highest BCUT2D eigenvalue weighted by molar-refractivity contribution is 7.17. The molecule has 0 radical (unpaired) electrons. The van der Waals surface area contributed by atoms with Gasteiger partial charge < -0.3 is 19.9 Å². The van der Waals surface area contributed by atoms with E-state index in [-0.39, 0.29) is 17.5 Å². The minimum Gasteiger partial charge on any atom is -0.478 e. The number of amides is 1. The van der Waals surface area contributed by atoms with Gasteiger partial charge in [0, 0.05) is 24.6 Å². The van der Waals surface area contributed by atoms with Crippen LogP contribution in [-0.4, -0.2) is 40.3 Å². The average Bonchev–Trinajstić information content (AvgIpc) is 3.26. The van der Waals surface area contributed by atoms with E-state index >= 15 is 0 Å². The first-order valence-electron chi connectivity index (χ1n) is 10.3. The summed E-state index contributed by atoms with van der Waals surface area (Å²) in [6, 6.07) is 16.1. The van der Waals surface area contributed by atoms with E-state index in [0.29, 0.717) is 40.9 Å². The van der Waals surface area contributed by atoms with Crippen LogP contribution in [0.2, 0.25) is 0 Å². The number of hydrogen-bond donors (Lipinski definition) is 2. The monoisotopic (exact) mass is 479 g/mol. The zero-order valence-electron chi connectivity index (χ0n) is 18.2. The summed E-state index contributed by atoms with van der Waals surface area (Å²) in [6.45, 7) is -0.0302. The van der Waals surface area contributed by atoms with Crippen LogP contribution in [0.3, 0.4) is 0 Å². The zero-order valence-corrected chi connectivity index (χ0v) is 19.0. The topological polar surface area (TPSA) is 120 Å². The molecule has 0 bridgehead atoms. The molecule has 2 aromatic carbocycles. The molecule has 0 unspecified atom stereocenters. The van der Waals surface area contributed by atoms with Gasteiger partial charge in [-0.2, -0.15) is 0 Å². The third-order valence-electron chi connectivity index (χ3n) is 4.95. The molecule has 34 heavy (non-hydrogen) atoms. The highest BCUT2D eigenvalue weighted by Gasteiger charge is 2.20. The molecule has 2 aromatic heterocycles. The number of hydrogen-bond acceptors (Lipinski definition) is 7. The number of aromatic nitrogens is 2. The predicted octanol–water partition coefficient (Wildman–Crippen LogP) is 3.78. The summed E-state index contributed by atoms with van der Waals surface area (Å²) in [5.41, 5.74) is -0.178. The predicted molar refractivity (Wildman–Crippen MR) is 128 cm³/mol. The maximum absolute atomic E-state index is 13.1. The van der Waals surface area contributed by atoms with Crippen LogP contribution >= 0.6 is 11.3 Å². The second-order valence-electron chi connectivity index (χ2n) is 7.28. The molecule has 0 atom stereocenters. The number of anilines is 1. The molecule has 174 valence electrons. The fourth-order valence-electron chi connectivity index (χ4n) is 3.35. The second-order valence-corrected chi connectivity index (χ2v) is 8.14. The van der Waals surface area contributed by atoms with Gasteiger partial charge >= 0.3 is 5.97 Å². The molecular formula is C24H21N3O6S. The van der Waals surface area contributed by atoms with E-state index in [0.717, 1.165) is 11.3 Å². The van der Waals surface area contributed by atoms with E-state index < -0.39 is 17.4 Å². The standard InChI is InChI=1S/C24H21N3O6S/c1-32-12-11-19-26-22-21(18(14-34-22)24(30)31)23(29)27(19)13-20(28)25-15-7-9-17(10-8-15)33-16-5-3-2-4-6-16/h2-10,14H,11-13H2,1H3,(H,25,28)(H,30,31). The maximum Gasteiger partial charge on any atom is 0.337 e. The molecule has 0 saturated carbocycles. The number of carboxylic acids is 1. The SMILES string of the molecule is COCCc1nc2scc(C(=O)O)c2c(=O)n1CC(=O)Nc1ccc(Oc2ccccc2)cc1. The lowest BCUT2D eigenvalue weighted by Gasteiger charge is -2.13. The number of aromatic carboxylic acids is 1. The first-order chi connectivity index (χ1) is 16.5. The van der Waals surface area contributed by atoms with Crippen LogP contribution in [0.25, 0.3) is 10.2 Å². The Morgan fingerprint density at radius 3 is 2.47 bits per heavy atom. The molecule has 0 spiro atoms. The first-order valence-corrected chi connectivity index (χ1v) is 11.2. The molecule has 4 aromatic rings. The Labute approximate surface area is 198 Å². The number of carbonyl (C=O) groups excluding carboxylic acids is 1. The smallest absolute Gasteiger partial charge is 0.337 e. The molecule has 0 aliphatic carbocycles. The summed E-state index contributed by atoms with van der Waals surface area (Å²) in [5.74, 6) is -0.0240. The van der Waals surface area contributed by atoms with Gasteiger partial charge in [0.25, 0.3) is 5.56 Å². The van der Waals surface area contributed by atoms with Crippen LogP contribution in [-0.2, 0) is 22.5 Å². The van der Waals surface area contributed by atoms with Crippen molar-refractivity contribution in [3.8, 4) is 11.5 Å². The minimum atomic E-state index is -1.22. The van der Waals surface area contributed by atoms with Crippen molar-refractivity contribution < 1.29 is 24.2 Å². The Hall–Kier alpha value is -4.02. The Bertz CT molecular complexity index is 1380. The van der Waals surface area contributed by atoms with Gasteiger partial charge in [-0.15, -0.1) is 11.3 Å². The van der Waals surface area contributed by atoms with Crippen LogP contribution < -0.4 is 15.6 Å². The number of benzene rings is 2. The summed E-state index contributed by atoms with van der Waals surface area (Å²) in [7, 11) is 1.52. The normalized spacial score (nSPS) is 10.9. The Morgan fingerprint density at radius 2 is 1.79 bits per heavy atom. The molecule has 9 nitrogen and oxygen atoms in total. The number of carboxylic acid groups (broad SMARTS) is 1. The fourth-order valence-corrected chi connectivity index (χ4v) is 4.27. The summed E-state index contributed by atoms with van der Waals surface area (Å²) in [6.07, 6.45) is 0.292. The lowest BCUT2D eigenvalue weighted by molar-refractivity contribution is -0.116. The van der Waals surface area contributed by atoms with Crippen LogP contribution in [0.15, 0.2) is 64.8 Å². The first kappa shape index (κ1) is 23.1. The van der Waals surface area contributed by atoms with Crippen molar-refractivity contribution in [2.24, 2.45) is 0 Å². The molecule has 0 fully saturated rings. The van der Waals surface area contributed by atoms with E-state index in [1.54, 1.807) is 24.3 Å². The molecule has 0 aliphatic heterocycles. The van der Waals surface area contributed by atoms with E-state index in [1.165, 1.54) is 17.1 Å². The number of fused-ring (bicyclic) bond motifs is 1. The fraction of sp³-hybridized carbons (Fsp3) is 0.167. The number of methoxy groups -OCH3 is 1. The van der Waals surface area contributed by atoms with Gasteiger partial charge in [0.15, 0.2) is 0 Å². The number of rotatable bonds is 9. The molecule has 1 amide bonds. The Balaban J connectivity index is 1.54. The average molecular weight is 480 g/mol. The van der Waals surface area contributed by atoms with E-state index in [2.05, 4.69) is 10.3 Å². The van der Waals surface area contributed by atoms with Gasteiger partial charge in [0.05, 0.1) is 17.6 Å². The maximum atomic E-state index is 13.1. The van der Waals surface area contributed by atoms with Crippen molar-refractivity contribution in [3.63, 3.8) is 0 Å². The van der Waals surface area contributed by atoms with Crippen LogP contribution in [0.5, 0.6) is 11.5 Å². The lowest BCUT2D eigenvalue weighted by Crippen LogP contribution is -2.32. The summed E-state index contributed by atoms with van der Waals surface area (Å²) >= 11 is 1.08. The van der Waals surface area contributed by atoms with Crippen molar-refractivity contribution in [2.75, 3.05) is 19.0 Å². The van der Waals surface area contributed by atoms with Gasteiger partial charge in [-0.1, -0.05) is 18.2 Å². The van der Waals surface area contributed by atoms with Crippen molar-refractivity contribution in [1.29, 1.82) is 0 Å². The number of nitrogens with one attached hydrogen (secondary N) is 1. The van der Waals surface area contributed by atoms with Gasteiger partial charge in [0.1, 0.15) is 28.7 Å². The highest BCUT2D eigenvalue weighted by atomic mass is 32.1. The summed E-state index contributed by atoms with van der Waals surface area (Å²) < 4.78 is 12.0. The number of thiophene rings is 1. The molecular weight excluding hydrogens is 458 g/mol. The van der Waals surface area contributed by atoms with Gasteiger partial charge in [-0.25, -0.2) is 9.78 Å². The molecule has 2 heterocycles. The number of carbonyl (C=O) groups is 2. The molecule has 0 saturated heterocycles.